The van der Waals surface area contributed by atoms with E-state index in [1.165, 1.54) is 12.1 Å². The number of hydrogen-bond acceptors (Lipinski definition) is 2. The van der Waals surface area contributed by atoms with E-state index < -0.39 is 12.1 Å². The summed E-state index contributed by atoms with van der Waals surface area (Å²) in [7, 11) is 0. The first-order valence-corrected chi connectivity index (χ1v) is 7.74. The third-order valence-corrected chi connectivity index (χ3v) is 4.04. The molecule has 1 atom stereocenters. The summed E-state index contributed by atoms with van der Waals surface area (Å²) in [5.74, 6) is -0.542. The van der Waals surface area contributed by atoms with Crippen molar-refractivity contribution >= 4 is 23.3 Å². The maximum atomic E-state index is 13.0. The molecule has 5 nitrogen and oxygen atoms in total. The van der Waals surface area contributed by atoms with Crippen LogP contribution in [0.15, 0.2) is 48.5 Å². The van der Waals surface area contributed by atoms with E-state index in [0.717, 1.165) is 5.56 Å². The molecule has 6 heteroatoms. The normalized spacial score (nSPS) is 17.0. The Morgan fingerprint density at radius 1 is 1.17 bits per heavy atom. The van der Waals surface area contributed by atoms with E-state index >= 15 is 0 Å². The number of nitrogens with zero attached hydrogens (tertiary/aromatic N) is 1. The van der Waals surface area contributed by atoms with Crippen molar-refractivity contribution in [2.45, 2.75) is 19.4 Å². The second kappa shape index (κ2) is 6.70. The Hall–Kier alpha value is -2.89. The molecule has 0 unspecified atom stereocenters. The number of para-hydroxylation sites is 1. The molecule has 2 N–H and O–H groups in total. The highest BCUT2D eigenvalue weighted by Gasteiger charge is 2.33. The maximum Gasteiger partial charge on any atom is 0.319 e. The van der Waals surface area contributed by atoms with Crippen molar-refractivity contribution in [3.8, 4) is 0 Å². The van der Waals surface area contributed by atoms with Crippen LogP contribution in [-0.4, -0.2) is 24.5 Å². The van der Waals surface area contributed by atoms with Crippen LogP contribution >= 0.6 is 0 Å². The zero-order valence-corrected chi connectivity index (χ0v) is 13.3. The first-order valence-electron chi connectivity index (χ1n) is 7.74. The van der Waals surface area contributed by atoms with Gasteiger partial charge < -0.3 is 15.5 Å². The number of amides is 3. The summed E-state index contributed by atoms with van der Waals surface area (Å²) < 4.78 is 13.0. The third-order valence-electron chi connectivity index (χ3n) is 4.04. The maximum absolute atomic E-state index is 13.0. The van der Waals surface area contributed by atoms with Crippen LogP contribution in [0.25, 0.3) is 0 Å². The van der Waals surface area contributed by atoms with Crippen molar-refractivity contribution in [2.75, 3.05) is 16.8 Å². The van der Waals surface area contributed by atoms with E-state index in [1.807, 2.05) is 25.1 Å². The molecule has 1 fully saturated rings. The summed E-state index contributed by atoms with van der Waals surface area (Å²) in [5.41, 5.74) is 2.28. The molecule has 1 aliphatic rings. The zero-order chi connectivity index (χ0) is 17.1. The van der Waals surface area contributed by atoms with Gasteiger partial charge in [0.2, 0.25) is 5.91 Å². The van der Waals surface area contributed by atoms with Crippen molar-refractivity contribution in [3.05, 3.63) is 59.9 Å². The van der Waals surface area contributed by atoms with Crippen LogP contribution in [0.2, 0.25) is 0 Å². The van der Waals surface area contributed by atoms with Crippen LogP contribution < -0.4 is 15.5 Å². The average Bonchev–Trinajstić information content (AvgIpc) is 2.91. The Labute approximate surface area is 139 Å². The van der Waals surface area contributed by atoms with Gasteiger partial charge in [0.15, 0.2) is 0 Å². The van der Waals surface area contributed by atoms with Gasteiger partial charge in [-0.05, 0) is 49.2 Å². The molecule has 1 aliphatic heterocycles. The lowest BCUT2D eigenvalue weighted by molar-refractivity contribution is -0.118. The largest absolute Gasteiger partial charge is 0.326 e. The van der Waals surface area contributed by atoms with Gasteiger partial charge in [-0.2, -0.15) is 0 Å². The van der Waals surface area contributed by atoms with E-state index in [-0.39, 0.29) is 11.7 Å². The Bertz CT molecular complexity index is 761. The minimum absolute atomic E-state index is 0.193. The summed E-state index contributed by atoms with van der Waals surface area (Å²) in [6, 6.07) is 12.2. The standard InChI is InChI=1S/C18H18FN3O2/c1-12-4-2-3-5-15(12)20-18(24)21-16-10-11-22(17(16)23)14-8-6-13(19)7-9-14/h2-9,16H,10-11H2,1H3,(H2,20,21,24)/t16-/m0/s1. The minimum atomic E-state index is -0.584. The smallest absolute Gasteiger partial charge is 0.319 e. The van der Waals surface area contributed by atoms with Gasteiger partial charge in [-0.15, -0.1) is 0 Å². The quantitative estimate of drug-likeness (QED) is 0.910. The molecule has 2 aromatic carbocycles. The first kappa shape index (κ1) is 16.0. The Balaban J connectivity index is 1.62. The topological polar surface area (TPSA) is 61.4 Å². The van der Waals surface area contributed by atoms with E-state index in [4.69, 9.17) is 0 Å². The highest BCUT2D eigenvalue weighted by atomic mass is 19.1. The number of aryl methyl sites for hydroxylation is 1. The van der Waals surface area contributed by atoms with E-state index in [1.54, 1.807) is 23.1 Å². The highest BCUT2D eigenvalue weighted by Crippen LogP contribution is 2.22. The van der Waals surface area contributed by atoms with Gasteiger partial charge >= 0.3 is 6.03 Å². The molecule has 0 saturated carbocycles. The number of rotatable bonds is 3. The number of carbonyl (C=O) groups is 2. The van der Waals surface area contributed by atoms with E-state index in [9.17, 15) is 14.0 Å². The summed E-state index contributed by atoms with van der Waals surface area (Å²) in [4.78, 5) is 26.1. The molecule has 1 heterocycles. The number of halogens is 1. The molecule has 3 rings (SSSR count). The first-order chi connectivity index (χ1) is 11.5. The number of carbonyl (C=O) groups excluding carboxylic acids is 2. The lowest BCUT2D eigenvalue weighted by atomic mass is 10.2. The molecule has 2 aromatic rings. The van der Waals surface area contributed by atoms with Crippen molar-refractivity contribution in [2.24, 2.45) is 0 Å². The molecule has 3 amide bonds. The van der Waals surface area contributed by atoms with Gasteiger partial charge in [0.05, 0.1) is 0 Å². The molecular weight excluding hydrogens is 309 g/mol. The molecular formula is C18H18FN3O2. The van der Waals surface area contributed by atoms with Crippen molar-refractivity contribution in [1.82, 2.24) is 5.32 Å². The number of urea groups is 1. The fraction of sp³-hybridized carbons (Fsp3) is 0.222. The van der Waals surface area contributed by atoms with Gasteiger partial charge in [-0.3, -0.25) is 4.79 Å². The number of hydrogen-bond donors (Lipinski definition) is 2. The predicted octanol–water partition coefficient (Wildman–Crippen LogP) is 3.06. The molecule has 0 spiro atoms. The van der Waals surface area contributed by atoms with Crippen molar-refractivity contribution in [1.29, 1.82) is 0 Å². The molecule has 124 valence electrons. The van der Waals surface area contributed by atoms with Crippen LogP contribution in [0.3, 0.4) is 0 Å². The highest BCUT2D eigenvalue weighted by molar-refractivity contribution is 6.02. The fourth-order valence-electron chi connectivity index (χ4n) is 2.72. The van der Waals surface area contributed by atoms with Gasteiger partial charge in [0, 0.05) is 17.9 Å². The van der Waals surface area contributed by atoms with E-state index in [2.05, 4.69) is 10.6 Å². The minimum Gasteiger partial charge on any atom is -0.326 e. The average molecular weight is 327 g/mol. The SMILES string of the molecule is Cc1ccccc1NC(=O)N[C@H]1CCN(c2ccc(F)cc2)C1=O. The Kier molecular flexibility index (Phi) is 4.46. The summed E-state index contributed by atoms with van der Waals surface area (Å²) >= 11 is 0. The fourth-order valence-corrected chi connectivity index (χ4v) is 2.72. The molecule has 0 aliphatic carbocycles. The number of benzene rings is 2. The zero-order valence-electron chi connectivity index (χ0n) is 13.3. The summed E-state index contributed by atoms with van der Waals surface area (Å²) in [6.07, 6.45) is 0.511. The van der Waals surface area contributed by atoms with Gasteiger partial charge in [0.1, 0.15) is 11.9 Å². The Morgan fingerprint density at radius 3 is 2.58 bits per heavy atom. The molecule has 0 bridgehead atoms. The number of anilines is 2. The Morgan fingerprint density at radius 2 is 1.88 bits per heavy atom. The van der Waals surface area contributed by atoms with E-state index in [0.29, 0.717) is 24.3 Å². The lowest BCUT2D eigenvalue weighted by Gasteiger charge is -2.17. The molecule has 0 aromatic heterocycles. The van der Waals surface area contributed by atoms with Crippen LogP contribution in [0, 0.1) is 12.7 Å². The lowest BCUT2D eigenvalue weighted by Crippen LogP contribution is -2.43. The molecule has 24 heavy (non-hydrogen) atoms. The van der Waals surface area contributed by atoms with Gasteiger partial charge in [-0.1, -0.05) is 18.2 Å². The second-order valence-electron chi connectivity index (χ2n) is 5.72. The molecule has 1 saturated heterocycles. The third kappa shape index (κ3) is 3.37. The number of nitrogens with one attached hydrogen (secondary N) is 2. The summed E-state index contributed by atoms with van der Waals surface area (Å²) in [6.45, 7) is 2.38. The van der Waals surface area contributed by atoms with Crippen LogP contribution in [0.1, 0.15) is 12.0 Å². The van der Waals surface area contributed by atoms with Crippen LogP contribution in [-0.2, 0) is 4.79 Å². The van der Waals surface area contributed by atoms with Crippen LogP contribution in [0.5, 0.6) is 0 Å². The van der Waals surface area contributed by atoms with Crippen molar-refractivity contribution < 1.29 is 14.0 Å². The van der Waals surface area contributed by atoms with Gasteiger partial charge in [0.25, 0.3) is 0 Å². The van der Waals surface area contributed by atoms with Crippen LogP contribution in [0.4, 0.5) is 20.6 Å². The second-order valence-corrected chi connectivity index (χ2v) is 5.72. The van der Waals surface area contributed by atoms with Gasteiger partial charge in [-0.25, -0.2) is 9.18 Å². The van der Waals surface area contributed by atoms with Crippen molar-refractivity contribution in [3.63, 3.8) is 0 Å². The summed E-state index contributed by atoms with van der Waals surface area (Å²) in [5, 5.41) is 5.45. The predicted molar refractivity (Wildman–Crippen MR) is 90.5 cm³/mol. The molecule has 0 radical (unpaired) electrons. The monoisotopic (exact) mass is 327 g/mol.